The van der Waals surface area contributed by atoms with E-state index in [0.29, 0.717) is 12.1 Å². The summed E-state index contributed by atoms with van der Waals surface area (Å²) in [5.41, 5.74) is 2.43. The Kier molecular flexibility index (Phi) is 4.43. The summed E-state index contributed by atoms with van der Waals surface area (Å²) in [7, 11) is 0. The Labute approximate surface area is 115 Å². The summed E-state index contributed by atoms with van der Waals surface area (Å²) in [5.74, 6) is 0. The molecule has 4 nitrogen and oxygen atoms in total. The molecule has 1 atom stereocenters. The smallest absolute Gasteiger partial charge is 0.0821 e. The minimum absolute atomic E-state index is 0.402. The van der Waals surface area contributed by atoms with E-state index in [1.54, 1.807) is 0 Å². The first-order valence-corrected chi connectivity index (χ1v) is 7.03. The minimum atomic E-state index is 0.402. The van der Waals surface area contributed by atoms with Gasteiger partial charge in [-0.05, 0) is 45.0 Å². The third kappa shape index (κ3) is 3.47. The molecular weight excluding hydrogens is 236 g/mol. The number of nitrogens with one attached hydrogen (secondary N) is 1. The summed E-state index contributed by atoms with van der Waals surface area (Å²) >= 11 is 0. The molecule has 2 rings (SSSR count). The highest BCUT2D eigenvalue weighted by Crippen LogP contribution is 2.13. The van der Waals surface area contributed by atoms with Crippen molar-refractivity contribution in [3.05, 3.63) is 42.0 Å². The van der Waals surface area contributed by atoms with Crippen LogP contribution in [0.5, 0.6) is 0 Å². The van der Waals surface area contributed by atoms with E-state index in [4.69, 9.17) is 0 Å². The Morgan fingerprint density at radius 3 is 2.63 bits per heavy atom. The number of rotatable bonds is 6. The molecule has 2 aromatic rings. The van der Waals surface area contributed by atoms with Gasteiger partial charge in [0.1, 0.15) is 0 Å². The third-order valence-corrected chi connectivity index (χ3v) is 3.32. The van der Waals surface area contributed by atoms with E-state index < -0.39 is 0 Å². The second-order valence-corrected chi connectivity index (χ2v) is 5.28. The molecule has 0 fully saturated rings. The highest BCUT2D eigenvalue weighted by molar-refractivity contribution is 5.15. The highest BCUT2D eigenvalue weighted by atomic mass is 15.3. The molecular formula is C15H24N4. The van der Waals surface area contributed by atoms with Crippen LogP contribution < -0.4 is 5.32 Å². The first kappa shape index (κ1) is 13.9. The maximum Gasteiger partial charge on any atom is 0.0821 e. The third-order valence-electron chi connectivity index (χ3n) is 3.32. The zero-order chi connectivity index (χ0) is 13.8. The monoisotopic (exact) mass is 260 g/mol. The Hall–Kier alpha value is -1.55. The van der Waals surface area contributed by atoms with Crippen LogP contribution in [-0.4, -0.2) is 20.9 Å². The SMILES string of the molecule is CCNC(C)c1ccn(Cc2ccn(C(C)C)n2)c1. The Bertz CT molecular complexity index is 510. The van der Waals surface area contributed by atoms with Crippen LogP contribution in [0.15, 0.2) is 30.7 Å². The molecule has 0 radical (unpaired) electrons. The number of hydrogen-bond donors (Lipinski definition) is 1. The molecule has 0 spiro atoms. The Morgan fingerprint density at radius 1 is 1.21 bits per heavy atom. The molecule has 0 saturated heterocycles. The average molecular weight is 260 g/mol. The molecule has 1 N–H and O–H groups in total. The van der Waals surface area contributed by atoms with Crippen molar-refractivity contribution in [2.75, 3.05) is 6.54 Å². The van der Waals surface area contributed by atoms with Crippen LogP contribution >= 0.6 is 0 Å². The zero-order valence-electron chi connectivity index (χ0n) is 12.3. The van der Waals surface area contributed by atoms with E-state index in [1.165, 1.54) is 5.56 Å². The fraction of sp³-hybridized carbons (Fsp3) is 0.533. The topological polar surface area (TPSA) is 34.8 Å². The maximum absolute atomic E-state index is 4.58. The van der Waals surface area contributed by atoms with Crippen molar-refractivity contribution in [2.24, 2.45) is 0 Å². The van der Waals surface area contributed by atoms with Gasteiger partial charge in [-0.15, -0.1) is 0 Å². The van der Waals surface area contributed by atoms with Gasteiger partial charge in [0.25, 0.3) is 0 Å². The molecule has 0 saturated carbocycles. The van der Waals surface area contributed by atoms with E-state index in [0.717, 1.165) is 18.8 Å². The number of hydrogen-bond acceptors (Lipinski definition) is 2. The van der Waals surface area contributed by atoms with E-state index in [2.05, 4.69) is 67.2 Å². The summed E-state index contributed by atoms with van der Waals surface area (Å²) in [5, 5.41) is 8.00. The summed E-state index contributed by atoms with van der Waals surface area (Å²) in [6.07, 6.45) is 6.37. The van der Waals surface area contributed by atoms with Crippen LogP contribution in [0.4, 0.5) is 0 Å². The molecule has 4 heteroatoms. The summed E-state index contributed by atoms with van der Waals surface area (Å²) in [4.78, 5) is 0. The van der Waals surface area contributed by atoms with Gasteiger partial charge in [-0.1, -0.05) is 6.92 Å². The summed E-state index contributed by atoms with van der Waals surface area (Å²) in [6, 6.07) is 5.09. The van der Waals surface area contributed by atoms with Gasteiger partial charge in [-0.2, -0.15) is 5.10 Å². The normalized spacial score (nSPS) is 13.1. The van der Waals surface area contributed by atoms with Crippen molar-refractivity contribution in [1.82, 2.24) is 19.7 Å². The molecule has 0 aromatic carbocycles. The zero-order valence-corrected chi connectivity index (χ0v) is 12.3. The van der Waals surface area contributed by atoms with Crippen molar-refractivity contribution in [3.8, 4) is 0 Å². The lowest BCUT2D eigenvalue weighted by atomic mass is 10.2. The van der Waals surface area contributed by atoms with Gasteiger partial charge < -0.3 is 9.88 Å². The van der Waals surface area contributed by atoms with Crippen molar-refractivity contribution >= 4 is 0 Å². The van der Waals surface area contributed by atoms with Gasteiger partial charge in [0.15, 0.2) is 0 Å². The minimum Gasteiger partial charge on any atom is -0.348 e. The molecule has 1 unspecified atom stereocenters. The molecule has 0 aliphatic carbocycles. The predicted octanol–water partition coefficient (Wildman–Crippen LogP) is 2.98. The lowest BCUT2D eigenvalue weighted by molar-refractivity contribution is 0.523. The van der Waals surface area contributed by atoms with Gasteiger partial charge in [-0.25, -0.2) is 0 Å². The van der Waals surface area contributed by atoms with Crippen LogP contribution in [0.1, 0.15) is 51.0 Å². The van der Waals surface area contributed by atoms with Crippen molar-refractivity contribution in [1.29, 1.82) is 0 Å². The summed E-state index contributed by atoms with van der Waals surface area (Å²) < 4.78 is 4.19. The van der Waals surface area contributed by atoms with Crippen LogP contribution in [0, 0.1) is 0 Å². The van der Waals surface area contributed by atoms with Gasteiger partial charge >= 0.3 is 0 Å². The molecule has 0 bridgehead atoms. The largest absolute Gasteiger partial charge is 0.348 e. The fourth-order valence-corrected chi connectivity index (χ4v) is 2.17. The van der Waals surface area contributed by atoms with Gasteiger partial charge in [0.05, 0.1) is 12.2 Å². The molecule has 19 heavy (non-hydrogen) atoms. The van der Waals surface area contributed by atoms with E-state index in [1.807, 2.05) is 10.9 Å². The van der Waals surface area contributed by atoms with Crippen molar-refractivity contribution < 1.29 is 0 Å². The highest BCUT2D eigenvalue weighted by Gasteiger charge is 2.07. The van der Waals surface area contributed by atoms with Crippen molar-refractivity contribution in [2.45, 2.75) is 46.3 Å². The second-order valence-electron chi connectivity index (χ2n) is 5.28. The second kappa shape index (κ2) is 6.06. The van der Waals surface area contributed by atoms with Crippen LogP contribution in [0.2, 0.25) is 0 Å². The van der Waals surface area contributed by atoms with Crippen LogP contribution in [0.3, 0.4) is 0 Å². The first-order valence-electron chi connectivity index (χ1n) is 7.03. The molecule has 2 aromatic heterocycles. The van der Waals surface area contributed by atoms with Gasteiger partial charge in [0.2, 0.25) is 0 Å². The first-order chi connectivity index (χ1) is 9.10. The number of nitrogens with zero attached hydrogens (tertiary/aromatic N) is 3. The fourth-order valence-electron chi connectivity index (χ4n) is 2.17. The maximum atomic E-state index is 4.58. The lowest BCUT2D eigenvalue weighted by Crippen LogP contribution is -2.17. The van der Waals surface area contributed by atoms with Crippen molar-refractivity contribution in [3.63, 3.8) is 0 Å². The number of aromatic nitrogens is 3. The summed E-state index contributed by atoms with van der Waals surface area (Å²) in [6.45, 7) is 10.4. The van der Waals surface area contributed by atoms with Crippen LogP contribution in [-0.2, 0) is 6.54 Å². The molecule has 104 valence electrons. The van der Waals surface area contributed by atoms with E-state index in [9.17, 15) is 0 Å². The standard InChI is InChI=1S/C15H24N4/c1-5-16-13(4)14-6-8-18(10-14)11-15-7-9-19(17-15)12(2)3/h6-10,12-13,16H,5,11H2,1-4H3. The quantitative estimate of drug-likeness (QED) is 0.866. The molecule has 0 aliphatic rings. The van der Waals surface area contributed by atoms with Gasteiger partial charge in [0, 0.05) is 30.7 Å². The van der Waals surface area contributed by atoms with E-state index in [-0.39, 0.29) is 0 Å². The Morgan fingerprint density at radius 2 is 2.00 bits per heavy atom. The molecule has 0 aliphatic heterocycles. The predicted molar refractivity (Wildman–Crippen MR) is 78.2 cm³/mol. The lowest BCUT2D eigenvalue weighted by Gasteiger charge is -2.09. The van der Waals surface area contributed by atoms with E-state index >= 15 is 0 Å². The Balaban J connectivity index is 2.02. The molecule has 0 amide bonds. The van der Waals surface area contributed by atoms with Crippen LogP contribution in [0.25, 0.3) is 0 Å². The van der Waals surface area contributed by atoms with Gasteiger partial charge in [-0.3, -0.25) is 4.68 Å². The average Bonchev–Trinajstić information content (AvgIpc) is 2.99. The molecule has 2 heterocycles.